The molecule has 0 aromatic carbocycles. The van der Waals surface area contributed by atoms with Gasteiger partial charge in [-0.3, -0.25) is 14.0 Å². The molecule has 192 valence electrons. The van der Waals surface area contributed by atoms with E-state index in [4.69, 9.17) is 5.11 Å². The Morgan fingerprint density at radius 1 is 1.14 bits per heavy atom. The van der Waals surface area contributed by atoms with Crippen LogP contribution < -0.4 is 10.6 Å². The second kappa shape index (κ2) is 8.78. The van der Waals surface area contributed by atoms with E-state index < -0.39 is 12.0 Å². The summed E-state index contributed by atoms with van der Waals surface area (Å²) in [6, 6.07) is 5.24. The molecule has 2 aromatic heterocycles. The lowest BCUT2D eigenvalue weighted by Crippen LogP contribution is -2.51. The normalized spacial score (nSPS) is 31.5. The first-order valence-corrected chi connectivity index (χ1v) is 13.3. The highest BCUT2D eigenvalue weighted by molar-refractivity contribution is 5.93. The van der Waals surface area contributed by atoms with Crippen LogP contribution in [-0.4, -0.2) is 63.0 Å². The third-order valence-corrected chi connectivity index (χ3v) is 9.17. The number of aromatic nitrogens is 2. The lowest BCUT2D eigenvalue weighted by Gasteiger charge is -2.56. The molecule has 3 amide bonds. The fourth-order valence-electron chi connectivity index (χ4n) is 7.94. The summed E-state index contributed by atoms with van der Waals surface area (Å²) in [4.78, 5) is 43.7. The topological polar surface area (TPSA) is 116 Å². The van der Waals surface area contributed by atoms with E-state index in [0.29, 0.717) is 36.5 Å². The maximum Gasteiger partial charge on any atom is 0.404 e. The van der Waals surface area contributed by atoms with E-state index >= 15 is 0 Å². The Labute approximate surface area is 210 Å². The highest BCUT2D eigenvalue weighted by atomic mass is 16.4. The molecule has 2 unspecified atom stereocenters. The molecular formula is C27H35N5O4. The molecule has 1 saturated heterocycles. The first-order valence-electron chi connectivity index (χ1n) is 13.3. The van der Waals surface area contributed by atoms with Crippen LogP contribution in [0, 0.1) is 23.2 Å². The van der Waals surface area contributed by atoms with E-state index in [1.165, 1.54) is 38.5 Å². The number of fused-ring (bicyclic) bond motifs is 1. The summed E-state index contributed by atoms with van der Waals surface area (Å²) in [5.41, 5.74) is 2.04. The van der Waals surface area contributed by atoms with Gasteiger partial charge in [0.25, 0.3) is 5.91 Å². The molecule has 4 saturated carbocycles. The molecule has 9 nitrogen and oxygen atoms in total. The summed E-state index contributed by atoms with van der Waals surface area (Å²) in [5, 5.41) is 14.7. The Kier molecular flexibility index (Phi) is 5.68. The lowest BCUT2D eigenvalue weighted by molar-refractivity contribution is -0.131. The van der Waals surface area contributed by atoms with Gasteiger partial charge >= 0.3 is 6.09 Å². The van der Waals surface area contributed by atoms with Crippen LogP contribution in [0.4, 0.5) is 4.79 Å². The van der Waals surface area contributed by atoms with Crippen molar-refractivity contribution in [2.75, 3.05) is 19.6 Å². The Hall–Kier alpha value is -3.10. The van der Waals surface area contributed by atoms with Gasteiger partial charge in [0, 0.05) is 25.8 Å². The van der Waals surface area contributed by atoms with Crippen molar-refractivity contribution in [3.05, 3.63) is 35.8 Å². The van der Waals surface area contributed by atoms with Gasteiger partial charge in [0.15, 0.2) is 0 Å². The first kappa shape index (κ1) is 23.3. The van der Waals surface area contributed by atoms with E-state index in [9.17, 15) is 14.4 Å². The van der Waals surface area contributed by atoms with Crippen LogP contribution in [0.15, 0.2) is 24.4 Å². The highest BCUT2D eigenvalue weighted by Gasteiger charge is 2.50. The van der Waals surface area contributed by atoms with Crippen LogP contribution in [-0.2, 0) is 4.79 Å². The third kappa shape index (κ3) is 4.22. The SMILES string of the molecule is CC(C(=O)N1CCC(NC(=O)O)C1)c1cn2c(C(=O)NCC34CC5CC(CC(C5)C3)C4)cccc2n1. The van der Waals surface area contributed by atoms with Crippen molar-refractivity contribution < 1.29 is 19.5 Å². The average molecular weight is 494 g/mol. The summed E-state index contributed by atoms with van der Waals surface area (Å²) < 4.78 is 1.78. The second-order valence-corrected chi connectivity index (χ2v) is 11.8. The van der Waals surface area contributed by atoms with E-state index in [2.05, 4.69) is 15.6 Å². The van der Waals surface area contributed by atoms with E-state index in [1.807, 2.05) is 25.1 Å². The number of carbonyl (C=O) groups excluding carboxylic acids is 2. The van der Waals surface area contributed by atoms with E-state index in [0.717, 1.165) is 24.3 Å². The molecule has 9 heteroatoms. The molecule has 0 radical (unpaired) electrons. The molecule has 3 N–H and O–H groups in total. The maximum atomic E-state index is 13.3. The molecule has 2 atom stereocenters. The number of amides is 3. The number of imidazole rings is 1. The van der Waals surface area contributed by atoms with Gasteiger partial charge in [-0.25, -0.2) is 9.78 Å². The number of likely N-dealkylation sites (tertiary alicyclic amines) is 1. The molecule has 3 heterocycles. The Morgan fingerprint density at radius 3 is 2.50 bits per heavy atom. The number of hydrogen-bond donors (Lipinski definition) is 3. The van der Waals surface area contributed by atoms with Crippen molar-refractivity contribution in [3.63, 3.8) is 0 Å². The van der Waals surface area contributed by atoms with Gasteiger partial charge in [0.05, 0.1) is 17.7 Å². The molecule has 5 fully saturated rings. The van der Waals surface area contributed by atoms with Crippen LogP contribution in [0.25, 0.3) is 5.65 Å². The molecule has 1 aliphatic heterocycles. The lowest BCUT2D eigenvalue weighted by atomic mass is 9.49. The first-order chi connectivity index (χ1) is 17.3. The van der Waals surface area contributed by atoms with E-state index in [1.54, 1.807) is 15.5 Å². The number of nitrogens with one attached hydrogen (secondary N) is 2. The zero-order chi connectivity index (χ0) is 25.0. The summed E-state index contributed by atoms with van der Waals surface area (Å²) >= 11 is 0. The number of nitrogens with zero attached hydrogens (tertiary/aromatic N) is 3. The minimum Gasteiger partial charge on any atom is -0.465 e. The van der Waals surface area contributed by atoms with Gasteiger partial charge in [-0.1, -0.05) is 6.07 Å². The number of carbonyl (C=O) groups is 3. The van der Waals surface area contributed by atoms with Crippen LogP contribution >= 0.6 is 0 Å². The Morgan fingerprint density at radius 2 is 1.83 bits per heavy atom. The zero-order valence-corrected chi connectivity index (χ0v) is 20.8. The van der Waals surface area contributed by atoms with Gasteiger partial charge in [0.1, 0.15) is 11.3 Å². The fraction of sp³-hybridized carbons (Fsp3) is 0.630. The summed E-state index contributed by atoms with van der Waals surface area (Å²) in [7, 11) is 0. The number of carboxylic acid groups (broad SMARTS) is 1. The van der Waals surface area contributed by atoms with Crippen molar-refractivity contribution in [3.8, 4) is 0 Å². The smallest absolute Gasteiger partial charge is 0.404 e. The van der Waals surface area contributed by atoms with Gasteiger partial charge in [-0.15, -0.1) is 0 Å². The zero-order valence-electron chi connectivity index (χ0n) is 20.8. The highest BCUT2D eigenvalue weighted by Crippen LogP contribution is 2.59. The molecule has 36 heavy (non-hydrogen) atoms. The van der Waals surface area contributed by atoms with Crippen molar-refractivity contribution in [2.45, 2.75) is 63.8 Å². The standard InChI is InChI=1S/C27H35N5O4/c1-16(25(34)31-6-5-20(13-31)29-26(35)36)21-14-32-22(3-2-4-23(32)30-21)24(33)28-15-27-10-17-7-18(11-27)9-19(8-17)12-27/h2-4,14,16-20,29H,5-13,15H2,1H3,(H,28,33)(H,35,36). The van der Waals surface area contributed by atoms with Gasteiger partial charge in [-0.2, -0.15) is 0 Å². The quantitative estimate of drug-likeness (QED) is 0.571. The van der Waals surface area contributed by atoms with Crippen LogP contribution in [0.5, 0.6) is 0 Å². The summed E-state index contributed by atoms with van der Waals surface area (Å²) in [6.45, 7) is 3.43. The Bertz CT molecular complexity index is 1170. The number of pyridine rings is 1. The van der Waals surface area contributed by atoms with Crippen molar-refractivity contribution in [1.82, 2.24) is 24.9 Å². The van der Waals surface area contributed by atoms with Gasteiger partial charge in [-0.05, 0) is 87.2 Å². The number of hydrogen-bond acceptors (Lipinski definition) is 4. The minimum absolute atomic E-state index is 0.0825. The van der Waals surface area contributed by atoms with Crippen LogP contribution in [0.2, 0.25) is 0 Å². The predicted molar refractivity (Wildman–Crippen MR) is 133 cm³/mol. The molecule has 4 aliphatic carbocycles. The predicted octanol–water partition coefficient (Wildman–Crippen LogP) is 3.25. The molecule has 7 rings (SSSR count). The molecule has 4 bridgehead atoms. The van der Waals surface area contributed by atoms with Crippen molar-refractivity contribution in [2.24, 2.45) is 23.2 Å². The van der Waals surface area contributed by atoms with Crippen LogP contribution in [0.1, 0.15) is 74.0 Å². The maximum absolute atomic E-state index is 13.3. The monoisotopic (exact) mass is 493 g/mol. The third-order valence-electron chi connectivity index (χ3n) is 9.17. The largest absolute Gasteiger partial charge is 0.465 e. The van der Waals surface area contributed by atoms with Crippen LogP contribution in [0.3, 0.4) is 0 Å². The van der Waals surface area contributed by atoms with Crippen molar-refractivity contribution >= 4 is 23.6 Å². The van der Waals surface area contributed by atoms with E-state index in [-0.39, 0.29) is 23.3 Å². The molecule has 2 aromatic rings. The van der Waals surface area contributed by atoms with Gasteiger partial charge in [0.2, 0.25) is 5.91 Å². The fourth-order valence-corrected chi connectivity index (χ4v) is 7.94. The molecule has 0 spiro atoms. The Balaban J connectivity index is 1.15. The van der Waals surface area contributed by atoms with Gasteiger partial charge < -0.3 is 20.6 Å². The summed E-state index contributed by atoms with van der Waals surface area (Å²) in [5.74, 6) is 1.87. The minimum atomic E-state index is -1.07. The number of rotatable bonds is 6. The molecular weight excluding hydrogens is 458 g/mol. The summed E-state index contributed by atoms with van der Waals surface area (Å²) in [6.07, 6.45) is 9.22. The average Bonchev–Trinajstić information content (AvgIpc) is 3.47. The van der Waals surface area contributed by atoms with Crippen molar-refractivity contribution in [1.29, 1.82) is 0 Å². The molecule has 5 aliphatic rings. The second-order valence-electron chi connectivity index (χ2n) is 11.8.